The van der Waals surface area contributed by atoms with Crippen LogP contribution in [0.3, 0.4) is 0 Å². The number of nitrogens with zero attached hydrogens (tertiary/aromatic N) is 1. The first kappa shape index (κ1) is 10.8. The van der Waals surface area contributed by atoms with Gasteiger partial charge in [0, 0.05) is 6.07 Å². The van der Waals surface area contributed by atoms with Crippen LogP contribution in [-0.2, 0) is 0 Å². The van der Waals surface area contributed by atoms with E-state index in [0.29, 0.717) is 0 Å². The lowest BCUT2D eigenvalue weighted by Gasteiger charge is -2.44. The van der Waals surface area contributed by atoms with Crippen molar-refractivity contribution >= 4 is 5.91 Å². The number of phenolic OH excluding ortho intramolecular Hbond substituents is 2. The second-order valence-electron chi connectivity index (χ2n) is 4.36. The third-order valence-electron chi connectivity index (χ3n) is 2.56. The van der Waals surface area contributed by atoms with E-state index in [0.717, 1.165) is 6.07 Å². The zero-order chi connectivity index (χ0) is 11.9. The van der Waals surface area contributed by atoms with Crippen LogP contribution in [0.1, 0.15) is 17.3 Å². The van der Waals surface area contributed by atoms with Gasteiger partial charge in [0.2, 0.25) is 0 Å². The van der Waals surface area contributed by atoms with Gasteiger partial charge in [-0.25, -0.2) is 0 Å². The van der Waals surface area contributed by atoms with Gasteiger partial charge in [0.1, 0.15) is 11.5 Å². The summed E-state index contributed by atoms with van der Waals surface area (Å²) in [5.41, 5.74) is -0.698. The second-order valence-corrected chi connectivity index (χ2v) is 4.36. The number of hydrogen-bond donors (Lipinski definition) is 3. The van der Waals surface area contributed by atoms with Crippen LogP contribution < -0.4 is 0 Å². The molecule has 1 heterocycles. The van der Waals surface area contributed by atoms with Crippen LogP contribution in [0.15, 0.2) is 18.2 Å². The van der Waals surface area contributed by atoms with E-state index in [-0.39, 0.29) is 36.1 Å². The highest BCUT2D eigenvalue weighted by atomic mass is 16.3. The molecule has 3 N–H and O–H groups in total. The van der Waals surface area contributed by atoms with Crippen molar-refractivity contribution in [3.05, 3.63) is 23.8 Å². The van der Waals surface area contributed by atoms with Crippen molar-refractivity contribution < 1.29 is 20.1 Å². The molecule has 1 aromatic rings. The molecule has 0 bridgehead atoms. The number of phenols is 2. The van der Waals surface area contributed by atoms with Crippen LogP contribution in [0.2, 0.25) is 0 Å². The zero-order valence-corrected chi connectivity index (χ0v) is 8.84. The molecule has 0 spiro atoms. The van der Waals surface area contributed by atoms with E-state index in [9.17, 15) is 15.0 Å². The highest BCUT2D eigenvalue weighted by Crippen LogP contribution is 2.27. The van der Waals surface area contributed by atoms with Crippen molar-refractivity contribution in [2.45, 2.75) is 12.5 Å². The van der Waals surface area contributed by atoms with E-state index in [1.54, 1.807) is 6.92 Å². The second kappa shape index (κ2) is 3.38. The maximum absolute atomic E-state index is 11.8. The molecule has 0 saturated carbocycles. The van der Waals surface area contributed by atoms with Gasteiger partial charge in [0.25, 0.3) is 5.91 Å². The number of aliphatic hydroxyl groups is 1. The quantitative estimate of drug-likeness (QED) is 0.639. The van der Waals surface area contributed by atoms with Gasteiger partial charge in [0.05, 0.1) is 24.3 Å². The Morgan fingerprint density at radius 3 is 2.50 bits per heavy atom. The average molecular weight is 223 g/mol. The summed E-state index contributed by atoms with van der Waals surface area (Å²) < 4.78 is 0. The smallest absolute Gasteiger partial charge is 0.257 e. The molecule has 1 saturated heterocycles. The van der Waals surface area contributed by atoms with Crippen molar-refractivity contribution in [1.82, 2.24) is 4.90 Å². The zero-order valence-electron chi connectivity index (χ0n) is 8.84. The first-order valence-electron chi connectivity index (χ1n) is 4.93. The molecular formula is C11H13NO4. The standard InChI is InChI=1S/C11H13NO4/c1-11(16)5-12(6-11)10(15)8-3-2-7(13)4-9(8)14/h2-4,13-14,16H,5-6H2,1H3. The van der Waals surface area contributed by atoms with Crippen molar-refractivity contribution in [3.8, 4) is 11.5 Å². The summed E-state index contributed by atoms with van der Waals surface area (Å²) in [7, 11) is 0. The predicted molar refractivity (Wildman–Crippen MR) is 56.3 cm³/mol. The Balaban J connectivity index is 2.16. The van der Waals surface area contributed by atoms with Gasteiger partial charge in [-0.2, -0.15) is 0 Å². The molecule has 5 nitrogen and oxygen atoms in total. The minimum atomic E-state index is -0.831. The maximum atomic E-state index is 11.8. The molecule has 0 aliphatic carbocycles. The van der Waals surface area contributed by atoms with E-state index < -0.39 is 5.60 Å². The van der Waals surface area contributed by atoms with Gasteiger partial charge in [0.15, 0.2) is 0 Å². The number of amides is 1. The van der Waals surface area contributed by atoms with E-state index in [4.69, 9.17) is 5.11 Å². The summed E-state index contributed by atoms with van der Waals surface area (Å²) in [6, 6.07) is 3.82. The number of hydrogen-bond acceptors (Lipinski definition) is 4. The Hall–Kier alpha value is -1.75. The molecule has 2 rings (SSSR count). The molecule has 86 valence electrons. The number of β-amino-alcohol motifs (C(OH)–C–C–N with tert-alkyl or cyclic N) is 1. The topological polar surface area (TPSA) is 81.0 Å². The highest BCUT2D eigenvalue weighted by Gasteiger charge is 2.40. The van der Waals surface area contributed by atoms with Gasteiger partial charge in [-0.15, -0.1) is 0 Å². The Morgan fingerprint density at radius 2 is 2.00 bits per heavy atom. The molecule has 1 amide bonds. The Morgan fingerprint density at radius 1 is 1.38 bits per heavy atom. The highest BCUT2D eigenvalue weighted by molar-refractivity contribution is 5.97. The fraction of sp³-hybridized carbons (Fsp3) is 0.364. The van der Waals surface area contributed by atoms with Gasteiger partial charge in [-0.05, 0) is 19.1 Å². The van der Waals surface area contributed by atoms with E-state index in [2.05, 4.69) is 0 Å². The van der Waals surface area contributed by atoms with Crippen molar-refractivity contribution in [2.24, 2.45) is 0 Å². The molecule has 0 radical (unpaired) electrons. The first-order valence-corrected chi connectivity index (χ1v) is 4.93. The normalized spacial score (nSPS) is 18.0. The van der Waals surface area contributed by atoms with Gasteiger partial charge < -0.3 is 20.2 Å². The molecule has 1 fully saturated rings. The molecule has 1 aliphatic rings. The number of likely N-dealkylation sites (tertiary alicyclic amines) is 1. The van der Waals surface area contributed by atoms with Crippen molar-refractivity contribution in [1.29, 1.82) is 0 Å². The maximum Gasteiger partial charge on any atom is 0.257 e. The molecule has 1 aliphatic heterocycles. The van der Waals surface area contributed by atoms with Crippen molar-refractivity contribution in [3.63, 3.8) is 0 Å². The number of benzene rings is 1. The minimum absolute atomic E-state index is 0.0929. The summed E-state index contributed by atoms with van der Waals surface area (Å²) in [6.45, 7) is 2.16. The van der Waals surface area contributed by atoms with Crippen molar-refractivity contribution in [2.75, 3.05) is 13.1 Å². The lowest BCUT2D eigenvalue weighted by Crippen LogP contribution is -2.61. The fourth-order valence-corrected chi connectivity index (χ4v) is 1.79. The lowest BCUT2D eigenvalue weighted by molar-refractivity contribution is -0.0669. The number of aromatic hydroxyl groups is 2. The average Bonchev–Trinajstić information content (AvgIpc) is 2.13. The molecule has 0 aromatic heterocycles. The Bertz CT molecular complexity index is 434. The van der Waals surface area contributed by atoms with Crippen LogP contribution in [0, 0.1) is 0 Å². The van der Waals surface area contributed by atoms with Crippen LogP contribution in [0.5, 0.6) is 11.5 Å². The van der Waals surface area contributed by atoms with E-state index in [1.807, 2.05) is 0 Å². The fourth-order valence-electron chi connectivity index (χ4n) is 1.79. The van der Waals surface area contributed by atoms with Gasteiger partial charge >= 0.3 is 0 Å². The molecule has 16 heavy (non-hydrogen) atoms. The summed E-state index contributed by atoms with van der Waals surface area (Å²) in [4.78, 5) is 13.3. The first-order chi connectivity index (χ1) is 7.39. The summed E-state index contributed by atoms with van der Waals surface area (Å²) >= 11 is 0. The van der Waals surface area contributed by atoms with Gasteiger partial charge in [-0.3, -0.25) is 4.79 Å². The Labute approximate surface area is 92.6 Å². The number of carbonyl (C=O) groups excluding carboxylic acids is 1. The Kier molecular flexibility index (Phi) is 2.27. The molecular weight excluding hydrogens is 210 g/mol. The van der Waals surface area contributed by atoms with Crippen LogP contribution >= 0.6 is 0 Å². The van der Waals surface area contributed by atoms with E-state index >= 15 is 0 Å². The molecule has 1 aromatic carbocycles. The summed E-state index contributed by atoms with van der Waals surface area (Å²) in [5.74, 6) is -0.690. The third-order valence-corrected chi connectivity index (χ3v) is 2.56. The lowest BCUT2D eigenvalue weighted by atomic mass is 9.96. The molecule has 0 atom stereocenters. The van der Waals surface area contributed by atoms with Crippen LogP contribution in [0.25, 0.3) is 0 Å². The van der Waals surface area contributed by atoms with E-state index in [1.165, 1.54) is 17.0 Å². The SMILES string of the molecule is CC1(O)CN(C(=O)c2ccc(O)cc2O)C1. The number of carbonyl (C=O) groups is 1. The predicted octanol–water partition coefficient (Wildman–Crippen LogP) is 0.305. The minimum Gasteiger partial charge on any atom is -0.508 e. The molecule has 0 unspecified atom stereocenters. The summed E-state index contributed by atoms with van der Waals surface area (Å²) in [6.07, 6.45) is 0. The number of rotatable bonds is 1. The van der Waals surface area contributed by atoms with Gasteiger partial charge in [-0.1, -0.05) is 0 Å². The van der Waals surface area contributed by atoms with Crippen LogP contribution in [-0.4, -0.2) is 44.8 Å². The summed E-state index contributed by atoms with van der Waals surface area (Å²) in [5, 5.41) is 28.1. The van der Waals surface area contributed by atoms with Crippen LogP contribution in [0.4, 0.5) is 0 Å². The largest absolute Gasteiger partial charge is 0.508 e. The monoisotopic (exact) mass is 223 g/mol. The molecule has 5 heteroatoms. The third kappa shape index (κ3) is 1.81.